The summed E-state index contributed by atoms with van der Waals surface area (Å²) in [5, 5.41) is 0. The van der Waals surface area contributed by atoms with Gasteiger partial charge in [-0.2, -0.15) is 0 Å². The van der Waals surface area contributed by atoms with Gasteiger partial charge in [0.15, 0.2) is 0 Å². The molecular formula is C16H25N3S. The SMILES string of the molecule is CN(C)c1ccc(C(C(N)=S)N2CCCCCC2)cc1. The second-order valence-electron chi connectivity index (χ2n) is 5.74. The van der Waals surface area contributed by atoms with Gasteiger partial charge in [0.2, 0.25) is 0 Å². The summed E-state index contributed by atoms with van der Waals surface area (Å²) in [4.78, 5) is 5.13. The van der Waals surface area contributed by atoms with Crippen LogP contribution in [0.1, 0.15) is 37.3 Å². The van der Waals surface area contributed by atoms with Crippen molar-refractivity contribution >= 4 is 22.9 Å². The number of benzene rings is 1. The molecule has 1 fully saturated rings. The summed E-state index contributed by atoms with van der Waals surface area (Å²) >= 11 is 5.33. The zero-order valence-corrected chi connectivity index (χ0v) is 13.3. The van der Waals surface area contributed by atoms with Gasteiger partial charge in [-0.3, -0.25) is 4.90 Å². The van der Waals surface area contributed by atoms with Crippen LogP contribution in [-0.2, 0) is 0 Å². The van der Waals surface area contributed by atoms with E-state index in [9.17, 15) is 0 Å². The first-order valence-electron chi connectivity index (χ1n) is 7.40. The quantitative estimate of drug-likeness (QED) is 0.865. The molecule has 0 aromatic heterocycles. The number of likely N-dealkylation sites (tertiary alicyclic amines) is 1. The van der Waals surface area contributed by atoms with Crippen molar-refractivity contribution in [1.82, 2.24) is 4.90 Å². The lowest BCUT2D eigenvalue weighted by atomic mass is 10.0. The molecule has 0 amide bonds. The number of rotatable bonds is 4. The molecule has 3 nitrogen and oxygen atoms in total. The standard InChI is InChI=1S/C16H25N3S/c1-18(2)14-9-7-13(8-10-14)15(16(17)20)19-11-5-3-4-6-12-19/h7-10,15H,3-6,11-12H2,1-2H3,(H2,17,20). The van der Waals surface area contributed by atoms with Crippen LogP contribution in [0.25, 0.3) is 0 Å². The Bertz CT molecular complexity index is 434. The third kappa shape index (κ3) is 3.70. The molecule has 1 aliphatic rings. The van der Waals surface area contributed by atoms with Crippen LogP contribution in [0.2, 0.25) is 0 Å². The highest BCUT2D eigenvalue weighted by Gasteiger charge is 2.23. The summed E-state index contributed by atoms with van der Waals surface area (Å²) < 4.78 is 0. The minimum absolute atomic E-state index is 0.0827. The van der Waals surface area contributed by atoms with E-state index >= 15 is 0 Å². The van der Waals surface area contributed by atoms with E-state index in [1.54, 1.807) is 0 Å². The normalized spacial score (nSPS) is 18.3. The Morgan fingerprint density at radius 3 is 2.10 bits per heavy atom. The molecule has 4 heteroatoms. The lowest BCUT2D eigenvalue weighted by molar-refractivity contribution is 0.255. The van der Waals surface area contributed by atoms with Crippen molar-refractivity contribution in [3.63, 3.8) is 0 Å². The molecule has 1 aromatic carbocycles. The zero-order chi connectivity index (χ0) is 14.5. The van der Waals surface area contributed by atoms with E-state index < -0.39 is 0 Å². The smallest absolute Gasteiger partial charge is 0.0948 e. The van der Waals surface area contributed by atoms with Gasteiger partial charge < -0.3 is 10.6 Å². The van der Waals surface area contributed by atoms with Crippen LogP contribution in [-0.4, -0.2) is 37.1 Å². The van der Waals surface area contributed by atoms with Gasteiger partial charge in [0, 0.05) is 19.8 Å². The average molecular weight is 291 g/mol. The largest absolute Gasteiger partial charge is 0.392 e. The second-order valence-corrected chi connectivity index (χ2v) is 6.21. The predicted octanol–water partition coefficient (Wildman–Crippen LogP) is 2.96. The summed E-state index contributed by atoms with van der Waals surface area (Å²) in [6, 6.07) is 8.67. The van der Waals surface area contributed by atoms with Gasteiger partial charge in [-0.15, -0.1) is 0 Å². The molecule has 20 heavy (non-hydrogen) atoms. The number of anilines is 1. The van der Waals surface area contributed by atoms with E-state index in [-0.39, 0.29) is 6.04 Å². The van der Waals surface area contributed by atoms with Gasteiger partial charge in [-0.1, -0.05) is 37.2 Å². The molecule has 1 atom stereocenters. The molecule has 2 N–H and O–H groups in total. The maximum atomic E-state index is 6.03. The molecular weight excluding hydrogens is 266 g/mol. The van der Waals surface area contributed by atoms with E-state index in [1.807, 2.05) is 0 Å². The summed E-state index contributed by atoms with van der Waals surface area (Å²) in [7, 11) is 4.10. The van der Waals surface area contributed by atoms with Crippen LogP contribution in [0.3, 0.4) is 0 Å². The monoisotopic (exact) mass is 291 g/mol. The number of nitrogens with two attached hydrogens (primary N) is 1. The van der Waals surface area contributed by atoms with Gasteiger partial charge in [0.05, 0.1) is 11.0 Å². The molecule has 1 heterocycles. The highest BCUT2D eigenvalue weighted by atomic mass is 32.1. The van der Waals surface area contributed by atoms with Crippen LogP contribution in [0.5, 0.6) is 0 Å². The van der Waals surface area contributed by atoms with Crippen molar-refractivity contribution in [2.24, 2.45) is 5.73 Å². The van der Waals surface area contributed by atoms with Gasteiger partial charge in [0.25, 0.3) is 0 Å². The second kappa shape index (κ2) is 7.04. The van der Waals surface area contributed by atoms with Gasteiger partial charge in [0.1, 0.15) is 0 Å². The zero-order valence-electron chi connectivity index (χ0n) is 12.5. The van der Waals surface area contributed by atoms with Crippen LogP contribution < -0.4 is 10.6 Å². The minimum atomic E-state index is 0.0827. The Balaban J connectivity index is 2.21. The maximum Gasteiger partial charge on any atom is 0.0948 e. The van der Waals surface area contributed by atoms with Crippen LogP contribution >= 0.6 is 12.2 Å². The van der Waals surface area contributed by atoms with Crippen molar-refractivity contribution in [1.29, 1.82) is 0 Å². The minimum Gasteiger partial charge on any atom is -0.392 e. The summed E-state index contributed by atoms with van der Waals surface area (Å²) in [6.45, 7) is 2.19. The van der Waals surface area contributed by atoms with Crippen molar-refractivity contribution in [2.75, 3.05) is 32.1 Å². The molecule has 0 spiro atoms. The van der Waals surface area contributed by atoms with Crippen LogP contribution in [0.15, 0.2) is 24.3 Å². The van der Waals surface area contributed by atoms with E-state index in [0.29, 0.717) is 4.99 Å². The Morgan fingerprint density at radius 1 is 1.10 bits per heavy atom. The summed E-state index contributed by atoms with van der Waals surface area (Å²) in [5.74, 6) is 0. The Labute approximate surface area is 127 Å². The van der Waals surface area contributed by atoms with E-state index in [0.717, 1.165) is 13.1 Å². The fourth-order valence-electron chi connectivity index (χ4n) is 2.86. The number of hydrogen-bond donors (Lipinski definition) is 1. The van der Waals surface area contributed by atoms with E-state index in [4.69, 9.17) is 18.0 Å². The lowest BCUT2D eigenvalue weighted by Gasteiger charge is -2.30. The Hall–Kier alpha value is -1.13. The fourth-order valence-corrected chi connectivity index (χ4v) is 3.15. The number of thiocarbonyl (C=S) groups is 1. The molecule has 0 aliphatic carbocycles. The molecule has 1 aliphatic heterocycles. The Morgan fingerprint density at radius 2 is 1.65 bits per heavy atom. The average Bonchev–Trinajstić information content (AvgIpc) is 2.68. The third-order valence-electron chi connectivity index (χ3n) is 4.00. The van der Waals surface area contributed by atoms with Gasteiger partial charge >= 0.3 is 0 Å². The van der Waals surface area contributed by atoms with Gasteiger partial charge in [-0.25, -0.2) is 0 Å². The molecule has 0 saturated carbocycles. The first kappa shape index (κ1) is 15.3. The summed E-state index contributed by atoms with van der Waals surface area (Å²) in [6.07, 6.45) is 5.13. The highest BCUT2D eigenvalue weighted by Crippen LogP contribution is 2.26. The Kier molecular flexibility index (Phi) is 5.38. The number of hydrogen-bond acceptors (Lipinski definition) is 3. The molecule has 1 aromatic rings. The first-order chi connectivity index (χ1) is 9.59. The van der Waals surface area contributed by atoms with Crippen LogP contribution in [0.4, 0.5) is 5.69 Å². The van der Waals surface area contributed by atoms with E-state index in [1.165, 1.54) is 36.9 Å². The molecule has 110 valence electrons. The first-order valence-corrected chi connectivity index (χ1v) is 7.81. The lowest BCUT2D eigenvalue weighted by Crippen LogP contribution is -2.37. The van der Waals surface area contributed by atoms with Crippen molar-refractivity contribution in [3.8, 4) is 0 Å². The predicted molar refractivity (Wildman–Crippen MR) is 90.3 cm³/mol. The van der Waals surface area contributed by atoms with Crippen molar-refractivity contribution < 1.29 is 0 Å². The van der Waals surface area contributed by atoms with Gasteiger partial charge in [-0.05, 0) is 43.6 Å². The molecule has 1 unspecified atom stereocenters. The van der Waals surface area contributed by atoms with Crippen LogP contribution in [0, 0.1) is 0 Å². The number of nitrogens with zero attached hydrogens (tertiary/aromatic N) is 2. The van der Waals surface area contributed by atoms with Crippen molar-refractivity contribution in [3.05, 3.63) is 29.8 Å². The molecule has 0 bridgehead atoms. The maximum absolute atomic E-state index is 6.03. The summed E-state index contributed by atoms with van der Waals surface area (Å²) in [5.41, 5.74) is 8.44. The fraction of sp³-hybridized carbons (Fsp3) is 0.562. The topological polar surface area (TPSA) is 32.5 Å². The van der Waals surface area contributed by atoms with Crippen molar-refractivity contribution in [2.45, 2.75) is 31.7 Å². The highest BCUT2D eigenvalue weighted by molar-refractivity contribution is 7.80. The molecule has 1 saturated heterocycles. The van der Waals surface area contributed by atoms with E-state index in [2.05, 4.69) is 48.2 Å². The third-order valence-corrected chi connectivity index (χ3v) is 4.22. The molecule has 0 radical (unpaired) electrons. The molecule has 2 rings (SSSR count).